The molecule has 0 spiro atoms. The van der Waals surface area contributed by atoms with Crippen LogP contribution in [0.15, 0.2) is 42.5 Å². The summed E-state index contributed by atoms with van der Waals surface area (Å²) in [6, 6.07) is 12.8. The minimum atomic E-state index is -0.335. The standard InChI is InChI=1S/C19H16Cl3N3O/c1-11-7-8-14(9-16(11)21)23-19(26)17-12(2)24-25(18(17)22)10-13-5-3-4-6-15(13)20/h3-9H,10H2,1-2H3,(H,23,26). The van der Waals surface area contributed by atoms with Crippen molar-refractivity contribution in [3.8, 4) is 0 Å². The van der Waals surface area contributed by atoms with Crippen LogP contribution in [0.25, 0.3) is 0 Å². The van der Waals surface area contributed by atoms with E-state index >= 15 is 0 Å². The average Bonchev–Trinajstić information content (AvgIpc) is 2.87. The van der Waals surface area contributed by atoms with Gasteiger partial charge in [-0.2, -0.15) is 5.10 Å². The first-order valence-electron chi connectivity index (χ1n) is 7.90. The number of benzene rings is 2. The molecule has 7 heteroatoms. The lowest BCUT2D eigenvalue weighted by atomic mass is 10.2. The van der Waals surface area contributed by atoms with Gasteiger partial charge in [-0.25, -0.2) is 4.68 Å². The quantitative estimate of drug-likeness (QED) is 0.596. The van der Waals surface area contributed by atoms with Crippen LogP contribution in [0.1, 0.15) is 27.2 Å². The van der Waals surface area contributed by atoms with Gasteiger partial charge in [0, 0.05) is 15.7 Å². The van der Waals surface area contributed by atoms with E-state index in [1.165, 1.54) is 0 Å². The Labute approximate surface area is 166 Å². The van der Waals surface area contributed by atoms with Gasteiger partial charge in [-0.15, -0.1) is 0 Å². The molecule has 26 heavy (non-hydrogen) atoms. The second-order valence-corrected chi connectivity index (χ2v) is 7.09. The van der Waals surface area contributed by atoms with E-state index in [0.717, 1.165) is 11.1 Å². The van der Waals surface area contributed by atoms with E-state index in [-0.39, 0.29) is 11.1 Å². The van der Waals surface area contributed by atoms with Crippen LogP contribution in [0, 0.1) is 13.8 Å². The van der Waals surface area contributed by atoms with Gasteiger partial charge >= 0.3 is 0 Å². The van der Waals surface area contributed by atoms with Crippen LogP contribution in [0.5, 0.6) is 0 Å². The molecule has 3 rings (SSSR count). The van der Waals surface area contributed by atoms with Crippen molar-refractivity contribution in [3.05, 3.63) is 80.0 Å². The van der Waals surface area contributed by atoms with Crippen molar-refractivity contribution in [1.82, 2.24) is 9.78 Å². The first-order chi connectivity index (χ1) is 12.4. The maximum absolute atomic E-state index is 12.7. The fraction of sp³-hybridized carbons (Fsp3) is 0.158. The van der Waals surface area contributed by atoms with Crippen LogP contribution in [0.3, 0.4) is 0 Å². The Morgan fingerprint density at radius 2 is 1.81 bits per heavy atom. The van der Waals surface area contributed by atoms with Crippen LogP contribution in [-0.4, -0.2) is 15.7 Å². The van der Waals surface area contributed by atoms with Gasteiger partial charge in [-0.1, -0.05) is 59.1 Å². The molecule has 0 fully saturated rings. The third kappa shape index (κ3) is 3.88. The summed E-state index contributed by atoms with van der Waals surface area (Å²) in [6.07, 6.45) is 0. The normalized spacial score (nSPS) is 10.8. The Balaban J connectivity index is 1.86. The zero-order chi connectivity index (χ0) is 18.8. The fourth-order valence-electron chi connectivity index (χ4n) is 2.57. The summed E-state index contributed by atoms with van der Waals surface area (Å²) in [5.41, 5.74) is 3.27. The first-order valence-corrected chi connectivity index (χ1v) is 9.04. The largest absolute Gasteiger partial charge is 0.322 e. The monoisotopic (exact) mass is 407 g/mol. The predicted octanol–water partition coefficient (Wildman–Crippen LogP) is 5.76. The van der Waals surface area contributed by atoms with Gasteiger partial charge < -0.3 is 5.32 Å². The molecule has 0 unspecified atom stereocenters. The second kappa shape index (κ2) is 7.70. The zero-order valence-electron chi connectivity index (χ0n) is 14.2. The first kappa shape index (κ1) is 18.8. The van der Waals surface area contributed by atoms with E-state index in [9.17, 15) is 4.79 Å². The fourth-order valence-corrected chi connectivity index (χ4v) is 3.26. The summed E-state index contributed by atoms with van der Waals surface area (Å²) in [4.78, 5) is 12.7. The lowest BCUT2D eigenvalue weighted by Gasteiger charge is -2.08. The maximum atomic E-state index is 12.7. The van der Waals surface area contributed by atoms with E-state index in [1.54, 1.807) is 29.8 Å². The molecule has 2 aromatic carbocycles. The minimum Gasteiger partial charge on any atom is -0.322 e. The summed E-state index contributed by atoms with van der Waals surface area (Å²) in [6.45, 7) is 4.02. The van der Waals surface area contributed by atoms with E-state index in [0.29, 0.717) is 33.5 Å². The van der Waals surface area contributed by atoms with Crippen molar-refractivity contribution in [2.24, 2.45) is 0 Å². The number of anilines is 1. The summed E-state index contributed by atoms with van der Waals surface area (Å²) >= 11 is 18.7. The molecule has 1 N–H and O–H groups in total. The number of carbonyl (C=O) groups excluding carboxylic acids is 1. The molecular formula is C19H16Cl3N3O. The van der Waals surface area contributed by atoms with E-state index in [1.807, 2.05) is 31.2 Å². The highest BCUT2D eigenvalue weighted by Crippen LogP contribution is 2.25. The molecule has 0 aliphatic rings. The van der Waals surface area contributed by atoms with Crippen molar-refractivity contribution in [2.45, 2.75) is 20.4 Å². The molecule has 0 saturated carbocycles. The molecule has 1 heterocycles. The number of nitrogens with zero attached hydrogens (tertiary/aromatic N) is 2. The van der Waals surface area contributed by atoms with Crippen LogP contribution >= 0.6 is 34.8 Å². The molecule has 1 aromatic heterocycles. The summed E-state index contributed by atoms with van der Waals surface area (Å²) < 4.78 is 1.56. The molecule has 0 aliphatic carbocycles. The third-order valence-corrected chi connectivity index (χ3v) is 5.16. The van der Waals surface area contributed by atoms with Crippen molar-refractivity contribution in [2.75, 3.05) is 5.32 Å². The minimum absolute atomic E-state index is 0.262. The van der Waals surface area contributed by atoms with Gasteiger partial charge in [0.25, 0.3) is 5.91 Å². The molecule has 1 amide bonds. The molecule has 0 aliphatic heterocycles. The average molecular weight is 409 g/mol. The molecule has 134 valence electrons. The van der Waals surface area contributed by atoms with Crippen LogP contribution in [0.2, 0.25) is 15.2 Å². The van der Waals surface area contributed by atoms with Gasteiger partial charge in [0.15, 0.2) is 0 Å². The smallest absolute Gasteiger partial charge is 0.260 e. The predicted molar refractivity (Wildman–Crippen MR) is 107 cm³/mol. The van der Waals surface area contributed by atoms with E-state index in [4.69, 9.17) is 34.8 Å². The van der Waals surface area contributed by atoms with Crippen LogP contribution in [-0.2, 0) is 6.54 Å². The van der Waals surface area contributed by atoms with Gasteiger partial charge in [0.2, 0.25) is 0 Å². The number of aryl methyl sites for hydroxylation is 2. The number of amides is 1. The van der Waals surface area contributed by atoms with Gasteiger partial charge in [0.1, 0.15) is 5.15 Å². The molecular weight excluding hydrogens is 393 g/mol. The Morgan fingerprint density at radius 3 is 2.50 bits per heavy atom. The van der Waals surface area contributed by atoms with Crippen molar-refractivity contribution < 1.29 is 4.79 Å². The number of aromatic nitrogens is 2. The van der Waals surface area contributed by atoms with Gasteiger partial charge in [-0.05, 0) is 43.2 Å². The number of rotatable bonds is 4. The molecule has 4 nitrogen and oxygen atoms in total. The Kier molecular flexibility index (Phi) is 5.56. The lowest BCUT2D eigenvalue weighted by molar-refractivity contribution is 0.102. The molecule has 0 radical (unpaired) electrons. The summed E-state index contributed by atoms with van der Waals surface area (Å²) in [5.74, 6) is -0.335. The number of halogens is 3. The van der Waals surface area contributed by atoms with Gasteiger partial charge in [0.05, 0.1) is 17.8 Å². The third-order valence-electron chi connectivity index (χ3n) is 4.00. The SMILES string of the molecule is Cc1ccc(NC(=O)c2c(C)nn(Cc3ccccc3Cl)c2Cl)cc1Cl. The zero-order valence-corrected chi connectivity index (χ0v) is 16.5. The van der Waals surface area contributed by atoms with Crippen molar-refractivity contribution in [1.29, 1.82) is 0 Å². The van der Waals surface area contributed by atoms with Crippen LogP contribution < -0.4 is 5.32 Å². The number of hydrogen-bond donors (Lipinski definition) is 1. The Hall–Kier alpha value is -2.01. The van der Waals surface area contributed by atoms with E-state index < -0.39 is 0 Å². The van der Waals surface area contributed by atoms with Crippen LogP contribution in [0.4, 0.5) is 5.69 Å². The Morgan fingerprint density at radius 1 is 1.08 bits per heavy atom. The second-order valence-electron chi connectivity index (χ2n) is 5.92. The topological polar surface area (TPSA) is 46.9 Å². The van der Waals surface area contributed by atoms with Crippen molar-refractivity contribution >= 4 is 46.4 Å². The maximum Gasteiger partial charge on any atom is 0.260 e. The molecule has 3 aromatic rings. The molecule has 0 atom stereocenters. The highest BCUT2D eigenvalue weighted by atomic mass is 35.5. The van der Waals surface area contributed by atoms with Crippen molar-refractivity contribution in [3.63, 3.8) is 0 Å². The number of hydrogen-bond acceptors (Lipinski definition) is 2. The highest BCUT2D eigenvalue weighted by Gasteiger charge is 2.21. The Bertz CT molecular complexity index is 982. The molecule has 0 saturated heterocycles. The summed E-state index contributed by atoms with van der Waals surface area (Å²) in [5, 5.41) is 8.66. The van der Waals surface area contributed by atoms with E-state index in [2.05, 4.69) is 10.4 Å². The lowest BCUT2D eigenvalue weighted by Crippen LogP contribution is -2.13. The highest BCUT2D eigenvalue weighted by molar-refractivity contribution is 6.34. The summed E-state index contributed by atoms with van der Waals surface area (Å²) in [7, 11) is 0. The molecule has 0 bridgehead atoms. The number of nitrogens with one attached hydrogen (secondary N) is 1. The number of carbonyl (C=O) groups is 1. The van der Waals surface area contributed by atoms with Gasteiger partial charge in [-0.3, -0.25) is 4.79 Å².